The van der Waals surface area contributed by atoms with Crippen LogP contribution in [0.15, 0.2) is 16.8 Å². The molecule has 3 heteroatoms. The van der Waals surface area contributed by atoms with Crippen LogP contribution in [0.3, 0.4) is 0 Å². The van der Waals surface area contributed by atoms with Gasteiger partial charge in [0.1, 0.15) is 0 Å². The van der Waals surface area contributed by atoms with E-state index in [2.05, 4.69) is 42.6 Å². The van der Waals surface area contributed by atoms with Crippen molar-refractivity contribution in [2.75, 3.05) is 20.1 Å². The van der Waals surface area contributed by atoms with Crippen molar-refractivity contribution in [3.63, 3.8) is 0 Å². The molecule has 0 aliphatic heterocycles. The van der Waals surface area contributed by atoms with E-state index in [1.165, 1.54) is 31.4 Å². The van der Waals surface area contributed by atoms with E-state index in [4.69, 9.17) is 5.73 Å². The van der Waals surface area contributed by atoms with E-state index in [9.17, 15) is 0 Å². The van der Waals surface area contributed by atoms with Crippen LogP contribution in [0.25, 0.3) is 0 Å². The molecule has 0 fully saturated rings. The molecule has 104 valence electrons. The minimum atomic E-state index is 0.760. The van der Waals surface area contributed by atoms with Crippen molar-refractivity contribution < 1.29 is 0 Å². The van der Waals surface area contributed by atoms with E-state index in [-0.39, 0.29) is 0 Å². The highest BCUT2D eigenvalue weighted by molar-refractivity contribution is 7.07. The Kier molecular flexibility index (Phi) is 7.56. The van der Waals surface area contributed by atoms with Crippen LogP contribution in [0.2, 0.25) is 0 Å². The molecule has 0 spiro atoms. The number of nitrogens with zero attached hydrogens (tertiary/aromatic N) is 1. The van der Waals surface area contributed by atoms with Crippen LogP contribution in [0.5, 0.6) is 0 Å². The van der Waals surface area contributed by atoms with Gasteiger partial charge in [-0.25, -0.2) is 0 Å². The Balaban J connectivity index is 2.19. The summed E-state index contributed by atoms with van der Waals surface area (Å²) >= 11 is 1.78. The zero-order valence-electron chi connectivity index (χ0n) is 12.1. The van der Waals surface area contributed by atoms with Gasteiger partial charge in [0, 0.05) is 6.54 Å². The first-order chi connectivity index (χ1) is 8.63. The second-order valence-electron chi connectivity index (χ2n) is 5.59. The lowest BCUT2D eigenvalue weighted by atomic mass is 9.88. The molecule has 0 radical (unpaired) electrons. The number of thiophene rings is 1. The molecule has 2 nitrogen and oxygen atoms in total. The highest BCUT2D eigenvalue weighted by Gasteiger charge is 2.12. The van der Waals surface area contributed by atoms with Crippen LogP contribution < -0.4 is 5.73 Å². The summed E-state index contributed by atoms with van der Waals surface area (Å²) in [5.41, 5.74) is 7.11. The average molecular weight is 268 g/mol. The van der Waals surface area contributed by atoms with E-state index in [0.29, 0.717) is 0 Å². The van der Waals surface area contributed by atoms with Crippen LogP contribution in [-0.4, -0.2) is 25.0 Å². The molecule has 0 amide bonds. The first kappa shape index (κ1) is 15.7. The molecule has 0 bridgehead atoms. The maximum atomic E-state index is 5.68. The molecule has 0 aromatic carbocycles. The molecule has 0 saturated carbocycles. The van der Waals surface area contributed by atoms with Crippen molar-refractivity contribution in [1.29, 1.82) is 0 Å². The molecule has 0 saturated heterocycles. The first-order valence-electron chi connectivity index (χ1n) is 7.03. The van der Waals surface area contributed by atoms with Gasteiger partial charge < -0.3 is 10.6 Å². The third kappa shape index (κ3) is 5.98. The summed E-state index contributed by atoms with van der Waals surface area (Å²) in [6, 6.07) is 2.21. The summed E-state index contributed by atoms with van der Waals surface area (Å²) in [4.78, 5) is 2.42. The Morgan fingerprint density at radius 1 is 1.33 bits per heavy atom. The summed E-state index contributed by atoms with van der Waals surface area (Å²) in [6.07, 6.45) is 3.76. The second kappa shape index (κ2) is 8.68. The van der Waals surface area contributed by atoms with Crippen molar-refractivity contribution in [2.24, 2.45) is 17.6 Å². The zero-order valence-corrected chi connectivity index (χ0v) is 12.9. The predicted molar refractivity (Wildman–Crippen MR) is 81.9 cm³/mol. The second-order valence-corrected chi connectivity index (χ2v) is 6.37. The van der Waals surface area contributed by atoms with Crippen molar-refractivity contribution in [2.45, 2.75) is 39.7 Å². The maximum absolute atomic E-state index is 5.68. The average Bonchev–Trinajstić information content (AvgIpc) is 2.80. The Morgan fingerprint density at radius 2 is 2.11 bits per heavy atom. The SMILES string of the molecule is CC(C)C(CCN)CCCN(C)Cc1ccsc1. The van der Waals surface area contributed by atoms with Gasteiger partial charge in [0.25, 0.3) is 0 Å². The van der Waals surface area contributed by atoms with Crippen molar-refractivity contribution in [3.05, 3.63) is 22.4 Å². The minimum Gasteiger partial charge on any atom is -0.330 e. The molecular weight excluding hydrogens is 240 g/mol. The van der Waals surface area contributed by atoms with E-state index in [1.54, 1.807) is 11.3 Å². The lowest BCUT2D eigenvalue weighted by Gasteiger charge is -2.22. The standard InChI is InChI=1S/C15H28N2S/c1-13(2)15(6-8-16)5-4-9-17(3)11-14-7-10-18-12-14/h7,10,12-13,15H,4-6,8-9,11,16H2,1-3H3. The molecule has 18 heavy (non-hydrogen) atoms. The Morgan fingerprint density at radius 3 is 2.67 bits per heavy atom. The van der Waals surface area contributed by atoms with Crippen LogP contribution >= 0.6 is 11.3 Å². The van der Waals surface area contributed by atoms with Gasteiger partial charge in [0.2, 0.25) is 0 Å². The summed E-state index contributed by atoms with van der Waals surface area (Å²) in [7, 11) is 2.21. The quantitative estimate of drug-likeness (QED) is 0.741. The van der Waals surface area contributed by atoms with Gasteiger partial charge in [0.05, 0.1) is 0 Å². The van der Waals surface area contributed by atoms with Crippen molar-refractivity contribution >= 4 is 11.3 Å². The van der Waals surface area contributed by atoms with E-state index in [1.807, 2.05) is 0 Å². The molecule has 0 aliphatic carbocycles. The molecule has 1 heterocycles. The monoisotopic (exact) mass is 268 g/mol. The van der Waals surface area contributed by atoms with Crippen molar-refractivity contribution in [1.82, 2.24) is 4.90 Å². The summed E-state index contributed by atoms with van der Waals surface area (Å²) in [5, 5.41) is 4.39. The third-order valence-corrected chi connectivity index (χ3v) is 4.36. The first-order valence-corrected chi connectivity index (χ1v) is 7.97. The number of hydrogen-bond acceptors (Lipinski definition) is 3. The molecule has 1 aromatic heterocycles. The number of hydrogen-bond donors (Lipinski definition) is 1. The molecule has 0 aliphatic rings. The normalized spacial score (nSPS) is 13.4. The molecule has 1 rings (SSSR count). The highest BCUT2D eigenvalue weighted by Crippen LogP contribution is 2.20. The van der Waals surface area contributed by atoms with Gasteiger partial charge in [-0.05, 0) is 73.6 Å². The summed E-state index contributed by atoms with van der Waals surface area (Å²) < 4.78 is 0. The number of rotatable bonds is 9. The van der Waals surface area contributed by atoms with Gasteiger partial charge in [-0.3, -0.25) is 0 Å². The van der Waals surface area contributed by atoms with E-state index in [0.717, 1.165) is 24.9 Å². The minimum absolute atomic E-state index is 0.760. The lowest BCUT2D eigenvalue weighted by Crippen LogP contribution is -2.21. The maximum Gasteiger partial charge on any atom is 0.0238 e. The van der Waals surface area contributed by atoms with Gasteiger partial charge in [-0.15, -0.1) is 0 Å². The Bertz CT molecular complexity index is 295. The van der Waals surface area contributed by atoms with Gasteiger partial charge >= 0.3 is 0 Å². The van der Waals surface area contributed by atoms with Crippen LogP contribution in [0.4, 0.5) is 0 Å². The molecule has 1 aromatic rings. The molecule has 1 atom stereocenters. The lowest BCUT2D eigenvalue weighted by molar-refractivity contribution is 0.278. The van der Waals surface area contributed by atoms with Gasteiger partial charge in [-0.1, -0.05) is 13.8 Å². The third-order valence-electron chi connectivity index (χ3n) is 3.63. The predicted octanol–water partition coefficient (Wildman–Crippen LogP) is 3.58. The van der Waals surface area contributed by atoms with Crippen LogP contribution in [0.1, 0.15) is 38.7 Å². The number of nitrogens with two attached hydrogens (primary N) is 1. The summed E-state index contributed by atoms with van der Waals surface area (Å²) in [6.45, 7) is 7.72. The largest absolute Gasteiger partial charge is 0.330 e. The summed E-state index contributed by atoms with van der Waals surface area (Å²) in [5.74, 6) is 1.56. The zero-order chi connectivity index (χ0) is 13.4. The smallest absolute Gasteiger partial charge is 0.0238 e. The fourth-order valence-corrected chi connectivity index (χ4v) is 3.08. The van der Waals surface area contributed by atoms with E-state index < -0.39 is 0 Å². The molecule has 1 unspecified atom stereocenters. The molecular formula is C15H28N2S. The van der Waals surface area contributed by atoms with Gasteiger partial charge in [0.15, 0.2) is 0 Å². The Hall–Kier alpha value is -0.380. The Labute approximate surface area is 116 Å². The fourth-order valence-electron chi connectivity index (χ4n) is 2.42. The highest BCUT2D eigenvalue weighted by atomic mass is 32.1. The van der Waals surface area contributed by atoms with Crippen LogP contribution in [-0.2, 0) is 6.54 Å². The van der Waals surface area contributed by atoms with Crippen molar-refractivity contribution in [3.8, 4) is 0 Å². The van der Waals surface area contributed by atoms with E-state index >= 15 is 0 Å². The molecule has 2 N–H and O–H groups in total. The fraction of sp³-hybridized carbons (Fsp3) is 0.733. The van der Waals surface area contributed by atoms with Gasteiger partial charge in [-0.2, -0.15) is 11.3 Å². The topological polar surface area (TPSA) is 29.3 Å². The van der Waals surface area contributed by atoms with Crippen LogP contribution in [0, 0.1) is 11.8 Å².